The molecule has 0 aromatic carbocycles. The van der Waals surface area contributed by atoms with Crippen LogP contribution in [0.1, 0.15) is 19.4 Å². The van der Waals surface area contributed by atoms with E-state index in [0.29, 0.717) is 11.2 Å². The summed E-state index contributed by atoms with van der Waals surface area (Å²) in [5.74, 6) is 0. The molecule has 0 atom stereocenters. The van der Waals surface area contributed by atoms with Crippen molar-refractivity contribution in [2.75, 3.05) is 5.32 Å². The molecule has 1 aromatic heterocycles. The topological polar surface area (TPSA) is 24.9 Å². The molecule has 1 heterocycles. The van der Waals surface area contributed by atoms with Crippen LogP contribution < -0.4 is 5.32 Å². The lowest BCUT2D eigenvalue weighted by Gasteiger charge is -2.09. The normalized spacial score (nSPS) is 10.4. The molecule has 0 saturated carbocycles. The van der Waals surface area contributed by atoms with Crippen molar-refractivity contribution in [3.8, 4) is 0 Å². The number of aryl methyl sites for hydroxylation is 1. The maximum Gasteiger partial charge on any atom is 0.132 e. The number of aromatic nitrogens is 1. The van der Waals surface area contributed by atoms with E-state index in [0.717, 1.165) is 11.3 Å². The van der Waals surface area contributed by atoms with Gasteiger partial charge in [0.25, 0.3) is 0 Å². The first-order chi connectivity index (χ1) is 5.59. The molecule has 0 fully saturated rings. The molecular weight excluding hydrogens is 172 g/mol. The van der Waals surface area contributed by atoms with E-state index >= 15 is 0 Å². The number of pyridine rings is 1. The van der Waals surface area contributed by atoms with Gasteiger partial charge in [-0.1, -0.05) is 11.6 Å². The number of anilines is 1. The van der Waals surface area contributed by atoms with Crippen LogP contribution in [0.3, 0.4) is 0 Å². The lowest BCUT2D eigenvalue weighted by atomic mass is 10.3. The van der Waals surface area contributed by atoms with E-state index in [1.807, 2.05) is 13.0 Å². The first-order valence-corrected chi connectivity index (χ1v) is 4.36. The van der Waals surface area contributed by atoms with Crippen LogP contribution in [0.15, 0.2) is 12.3 Å². The highest BCUT2D eigenvalue weighted by molar-refractivity contribution is 6.30. The van der Waals surface area contributed by atoms with E-state index in [-0.39, 0.29) is 0 Å². The lowest BCUT2D eigenvalue weighted by Crippen LogP contribution is -2.09. The predicted molar refractivity (Wildman–Crippen MR) is 52.7 cm³/mol. The van der Waals surface area contributed by atoms with Crippen LogP contribution in [0.25, 0.3) is 0 Å². The van der Waals surface area contributed by atoms with Crippen LogP contribution in [0.5, 0.6) is 0 Å². The maximum atomic E-state index is 5.78. The van der Waals surface area contributed by atoms with Crippen molar-refractivity contribution in [1.29, 1.82) is 0 Å². The van der Waals surface area contributed by atoms with E-state index in [4.69, 9.17) is 11.6 Å². The summed E-state index contributed by atoms with van der Waals surface area (Å²) in [6.07, 6.45) is 1.75. The Kier molecular flexibility index (Phi) is 2.93. The molecule has 1 aromatic rings. The molecule has 3 heteroatoms. The van der Waals surface area contributed by atoms with Crippen LogP contribution in [0.2, 0.25) is 5.15 Å². The van der Waals surface area contributed by atoms with Crippen molar-refractivity contribution in [2.45, 2.75) is 26.8 Å². The summed E-state index contributed by atoms with van der Waals surface area (Å²) in [6, 6.07) is 2.42. The second kappa shape index (κ2) is 3.76. The molecule has 1 N–H and O–H groups in total. The zero-order chi connectivity index (χ0) is 9.14. The molecule has 2 nitrogen and oxygen atoms in total. The van der Waals surface area contributed by atoms with Gasteiger partial charge in [-0.2, -0.15) is 0 Å². The Hall–Kier alpha value is -0.760. The van der Waals surface area contributed by atoms with Crippen molar-refractivity contribution in [3.63, 3.8) is 0 Å². The van der Waals surface area contributed by atoms with Crippen molar-refractivity contribution in [2.24, 2.45) is 0 Å². The molecule has 0 aliphatic rings. The van der Waals surface area contributed by atoms with Crippen molar-refractivity contribution < 1.29 is 0 Å². The zero-order valence-corrected chi connectivity index (χ0v) is 8.31. The third kappa shape index (κ3) is 2.38. The average Bonchev–Trinajstić information content (AvgIpc) is 1.96. The molecule has 0 saturated heterocycles. The average molecular weight is 185 g/mol. The van der Waals surface area contributed by atoms with Crippen molar-refractivity contribution >= 4 is 17.3 Å². The fourth-order valence-corrected chi connectivity index (χ4v) is 1.07. The fourth-order valence-electron chi connectivity index (χ4n) is 0.970. The molecular formula is C9H13ClN2. The van der Waals surface area contributed by atoms with Crippen molar-refractivity contribution in [3.05, 3.63) is 23.0 Å². The minimum atomic E-state index is 0.423. The molecule has 0 unspecified atom stereocenters. The summed E-state index contributed by atoms with van der Waals surface area (Å²) in [5.41, 5.74) is 2.02. The van der Waals surface area contributed by atoms with Crippen LogP contribution in [-0.2, 0) is 0 Å². The van der Waals surface area contributed by atoms with Gasteiger partial charge >= 0.3 is 0 Å². The van der Waals surface area contributed by atoms with Gasteiger partial charge in [0.2, 0.25) is 0 Å². The first kappa shape index (κ1) is 9.33. The summed E-state index contributed by atoms with van der Waals surface area (Å²) >= 11 is 5.78. The van der Waals surface area contributed by atoms with Gasteiger partial charge in [-0.15, -0.1) is 0 Å². The second-order valence-corrected chi connectivity index (χ2v) is 3.49. The molecule has 66 valence electrons. The van der Waals surface area contributed by atoms with E-state index in [2.05, 4.69) is 24.1 Å². The van der Waals surface area contributed by atoms with Gasteiger partial charge in [0, 0.05) is 6.04 Å². The second-order valence-electron chi connectivity index (χ2n) is 3.13. The Labute approximate surface area is 78.0 Å². The number of rotatable bonds is 2. The summed E-state index contributed by atoms with van der Waals surface area (Å²) in [5, 5.41) is 3.83. The standard InChI is InChI=1S/C9H13ClN2/c1-6(2)12-8-4-7(3)9(10)11-5-8/h4-6,12H,1-3H3. The fraction of sp³-hybridized carbons (Fsp3) is 0.444. The van der Waals surface area contributed by atoms with Gasteiger partial charge in [0.05, 0.1) is 11.9 Å². The summed E-state index contributed by atoms with van der Waals surface area (Å²) < 4.78 is 0. The minimum absolute atomic E-state index is 0.423. The Morgan fingerprint density at radius 1 is 1.50 bits per heavy atom. The highest BCUT2D eigenvalue weighted by atomic mass is 35.5. The SMILES string of the molecule is Cc1cc(NC(C)C)cnc1Cl. The summed E-state index contributed by atoms with van der Waals surface area (Å²) in [4.78, 5) is 4.03. The maximum absolute atomic E-state index is 5.78. The molecule has 0 radical (unpaired) electrons. The molecule has 0 aliphatic heterocycles. The van der Waals surface area contributed by atoms with Gasteiger partial charge in [-0.25, -0.2) is 4.98 Å². The van der Waals surface area contributed by atoms with E-state index in [1.54, 1.807) is 6.20 Å². The molecule has 0 amide bonds. The first-order valence-electron chi connectivity index (χ1n) is 3.98. The number of halogens is 1. The van der Waals surface area contributed by atoms with Crippen LogP contribution in [-0.4, -0.2) is 11.0 Å². The number of hydrogen-bond donors (Lipinski definition) is 1. The number of hydrogen-bond acceptors (Lipinski definition) is 2. The highest BCUT2D eigenvalue weighted by Crippen LogP contribution is 2.16. The third-order valence-corrected chi connectivity index (χ3v) is 1.87. The lowest BCUT2D eigenvalue weighted by molar-refractivity contribution is 0.897. The van der Waals surface area contributed by atoms with Gasteiger partial charge in [-0.3, -0.25) is 0 Å². The molecule has 0 spiro atoms. The molecule has 0 aliphatic carbocycles. The predicted octanol–water partition coefficient (Wildman–Crippen LogP) is 2.86. The van der Waals surface area contributed by atoms with Crippen LogP contribution >= 0.6 is 11.6 Å². The smallest absolute Gasteiger partial charge is 0.132 e. The quantitative estimate of drug-likeness (QED) is 0.715. The Morgan fingerprint density at radius 3 is 2.67 bits per heavy atom. The van der Waals surface area contributed by atoms with Gasteiger partial charge in [-0.05, 0) is 32.4 Å². The Bertz CT molecular complexity index is 271. The molecule has 0 bridgehead atoms. The number of nitrogens with one attached hydrogen (secondary N) is 1. The monoisotopic (exact) mass is 184 g/mol. The Morgan fingerprint density at radius 2 is 2.17 bits per heavy atom. The molecule has 1 rings (SSSR count). The van der Waals surface area contributed by atoms with Gasteiger partial charge in [0.1, 0.15) is 5.15 Å². The van der Waals surface area contributed by atoms with E-state index in [9.17, 15) is 0 Å². The largest absolute Gasteiger partial charge is 0.382 e. The van der Waals surface area contributed by atoms with Crippen LogP contribution in [0, 0.1) is 6.92 Å². The third-order valence-electron chi connectivity index (χ3n) is 1.47. The minimum Gasteiger partial charge on any atom is -0.382 e. The summed E-state index contributed by atoms with van der Waals surface area (Å²) in [7, 11) is 0. The van der Waals surface area contributed by atoms with E-state index in [1.165, 1.54) is 0 Å². The van der Waals surface area contributed by atoms with Gasteiger partial charge in [0.15, 0.2) is 0 Å². The van der Waals surface area contributed by atoms with Crippen LogP contribution in [0.4, 0.5) is 5.69 Å². The summed E-state index contributed by atoms with van der Waals surface area (Å²) in [6.45, 7) is 6.12. The van der Waals surface area contributed by atoms with Gasteiger partial charge < -0.3 is 5.32 Å². The van der Waals surface area contributed by atoms with E-state index < -0.39 is 0 Å². The zero-order valence-electron chi connectivity index (χ0n) is 7.56. The highest BCUT2D eigenvalue weighted by Gasteiger charge is 1.99. The molecule has 12 heavy (non-hydrogen) atoms. The Balaban J connectivity index is 2.82. The number of nitrogens with zero attached hydrogens (tertiary/aromatic N) is 1. The van der Waals surface area contributed by atoms with Crippen molar-refractivity contribution in [1.82, 2.24) is 4.98 Å².